The second kappa shape index (κ2) is 8.16. The van der Waals surface area contributed by atoms with Crippen LogP contribution in [0.25, 0.3) is 0 Å². The summed E-state index contributed by atoms with van der Waals surface area (Å²) in [5.74, 6) is -0.368. The maximum absolute atomic E-state index is 13.8. The van der Waals surface area contributed by atoms with Gasteiger partial charge in [-0.25, -0.2) is 12.8 Å². The number of hydrogen-bond donors (Lipinski definition) is 2. The predicted octanol–water partition coefficient (Wildman–Crippen LogP) is 3.88. The highest BCUT2D eigenvalue weighted by Crippen LogP contribution is 2.31. The van der Waals surface area contributed by atoms with E-state index in [1.807, 2.05) is 24.3 Å². The fourth-order valence-corrected chi connectivity index (χ4v) is 4.40. The molecule has 154 valence electrons. The van der Waals surface area contributed by atoms with Crippen molar-refractivity contribution in [2.45, 2.75) is 17.4 Å². The molecule has 0 radical (unpaired) electrons. The molecular formula is C22H19FN2O4S. The largest absolute Gasteiger partial charge is 0.493 e. The fourth-order valence-electron chi connectivity index (χ4n) is 3.29. The van der Waals surface area contributed by atoms with Gasteiger partial charge in [-0.2, -0.15) is 0 Å². The number of rotatable bonds is 5. The molecule has 8 heteroatoms. The van der Waals surface area contributed by atoms with Crippen LogP contribution in [-0.2, 0) is 10.0 Å². The Hall–Kier alpha value is -3.39. The average Bonchev–Trinajstić information content (AvgIpc) is 2.75. The van der Waals surface area contributed by atoms with Crippen LogP contribution < -0.4 is 14.8 Å². The summed E-state index contributed by atoms with van der Waals surface area (Å²) in [5.41, 5.74) is 0.906. The Morgan fingerprint density at radius 3 is 2.60 bits per heavy atom. The first-order chi connectivity index (χ1) is 14.4. The normalized spacial score (nSPS) is 15.6. The molecule has 1 aliphatic heterocycles. The van der Waals surface area contributed by atoms with Gasteiger partial charge in [0.25, 0.3) is 15.9 Å². The Morgan fingerprint density at radius 1 is 1.00 bits per heavy atom. The summed E-state index contributed by atoms with van der Waals surface area (Å²) in [6, 6.07) is 18.3. The van der Waals surface area contributed by atoms with E-state index in [-0.39, 0.29) is 22.2 Å². The van der Waals surface area contributed by atoms with Gasteiger partial charge in [-0.15, -0.1) is 0 Å². The van der Waals surface area contributed by atoms with Crippen LogP contribution in [0, 0.1) is 5.82 Å². The monoisotopic (exact) mass is 426 g/mol. The maximum atomic E-state index is 13.8. The van der Waals surface area contributed by atoms with E-state index in [2.05, 4.69) is 10.0 Å². The van der Waals surface area contributed by atoms with Crippen LogP contribution in [-0.4, -0.2) is 20.9 Å². The number of hydrogen-bond acceptors (Lipinski definition) is 4. The fraction of sp³-hybridized carbons (Fsp3) is 0.136. The summed E-state index contributed by atoms with van der Waals surface area (Å²) in [6.07, 6.45) is 0.607. The van der Waals surface area contributed by atoms with Gasteiger partial charge in [-0.3, -0.25) is 9.52 Å². The van der Waals surface area contributed by atoms with Gasteiger partial charge < -0.3 is 10.1 Å². The zero-order valence-electron chi connectivity index (χ0n) is 15.8. The van der Waals surface area contributed by atoms with Crippen molar-refractivity contribution in [3.63, 3.8) is 0 Å². The molecule has 1 atom stereocenters. The van der Waals surface area contributed by atoms with Crippen molar-refractivity contribution in [1.29, 1.82) is 0 Å². The zero-order chi connectivity index (χ0) is 21.1. The van der Waals surface area contributed by atoms with E-state index >= 15 is 0 Å². The Labute approximate surface area is 173 Å². The van der Waals surface area contributed by atoms with Gasteiger partial charge in [0.1, 0.15) is 11.6 Å². The van der Waals surface area contributed by atoms with Crippen LogP contribution >= 0.6 is 0 Å². The molecule has 30 heavy (non-hydrogen) atoms. The number of benzene rings is 3. The third-order valence-corrected chi connectivity index (χ3v) is 6.15. The van der Waals surface area contributed by atoms with Crippen molar-refractivity contribution in [3.8, 4) is 5.75 Å². The van der Waals surface area contributed by atoms with E-state index in [1.54, 1.807) is 0 Å². The number of sulfonamides is 1. The quantitative estimate of drug-likeness (QED) is 0.649. The average molecular weight is 426 g/mol. The van der Waals surface area contributed by atoms with Crippen LogP contribution in [0.4, 0.5) is 10.1 Å². The van der Waals surface area contributed by atoms with Crippen LogP contribution in [0.5, 0.6) is 5.75 Å². The first-order valence-electron chi connectivity index (χ1n) is 9.34. The van der Waals surface area contributed by atoms with Gasteiger partial charge in [-0.1, -0.05) is 36.4 Å². The third-order valence-electron chi connectivity index (χ3n) is 4.79. The molecular weight excluding hydrogens is 407 g/mol. The lowest BCUT2D eigenvalue weighted by Gasteiger charge is -2.26. The predicted molar refractivity (Wildman–Crippen MR) is 110 cm³/mol. The molecule has 1 amide bonds. The molecule has 0 spiro atoms. The van der Waals surface area contributed by atoms with Crippen molar-refractivity contribution >= 4 is 21.6 Å². The van der Waals surface area contributed by atoms with Crippen LogP contribution in [0.15, 0.2) is 77.7 Å². The second-order valence-electron chi connectivity index (χ2n) is 6.81. The molecule has 4 rings (SSSR count). The zero-order valence-corrected chi connectivity index (χ0v) is 16.7. The first kappa shape index (κ1) is 19.9. The van der Waals surface area contributed by atoms with E-state index in [1.165, 1.54) is 42.5 Å². The number of amides is 1. The minimum absolute atomic E-state index is 0.134. The summed E-state index contributed by atoms with van der Waals surface area (Å²) in [5, 5.41) is 2.93. The number of para-hydroxylation sites is 2. The van der Waals surface area contributed by atoms with Gasteiger partial charge in [0.2, 0.25) is 0 Å². The number of fused-ring (bicyclic) bond motifs is 1. The molecule has 1 unspecified atom stereocenters. The van der Waals surface area contributed by atoms with Crippen LogP contribution in [0.3, 0.4) is 0 Å². The molecule has 6 nitrogen and oxygen atoms in total. The highest BCUT2D eigenvalue weighted by atomic mass is 32.2. The molecule has 0 bridgehead atoms. The summed E-state index contributed by atoms with van der Waals surface area (Å²) in [7, 11) is -4.06. The van der Waals surface area contributed by atoms with Gasteiger partial charge >= 0.3 is 0 Å². The molecule has 3 aromatic carbocycles. The van der Waals surface area contributed by atoms with Crippen molar-refractivity contribution in [1.82, 2.24) is 5.32 Å². The van der Waals surface area contributed by atoms with E-state index in [0.29, 0.717) is 13.0 Å². The number of carbonyl (C=O) groups excluding carboxylic acids is 1. The lowest BCUT2D eigenvalue weighted by molar-refractivity contribution is 0.0924. The molecule has 1 aliphatic rings. The Morgan fingerprint density at radius 2 is 1.77 bits per heavy atom. The number of nitrogens with one attached hydrogen (secondary N) is 2. The van der Waals surface area contributed by atoms with E-state index in [0.717, 1.165) is 17.4 Å². The van der Waals surface area contributed by atoms with Crippen molar-refractivity contribution < 1.29 is 22.3 Å². The van der Waals surface area contributed by atoms with Gasteiger partial charge in [0, 0.05) is 17.5 Å². The summed E-state index contributed by atoms with van der Waals surface area (Å²) in [6.45, 7) is 0.475. The molecule has 0 fully saturated rings. The summed E-state index contributed by atoms with van der Waals surface area (Å²) < 4.78 is 47.0. The molecule has 0 saturated heterocycles. The summed E-state index contributed by atoms with van der Waals surface area (Å²) in [4.78, 5) is 12.7. The summed E-state index contributed by atoms with van der Waals surface area (Å²) >= 11 is 0. The number of anilines is 1. The second-order valence-corrected chi connectivity index (χ2v) is 8.50. The molecule has 0 saturated carbocycles. The van der Waals surface area contributed by atoms with E-state index in [9.17, 15) is 17.6 Å². The Kier molecular flexibility index (Phi) is 5.41. The standard InChI is InChI=1S/C22H19FN2O4S/c23-18-9-2-3-10-20(18)25-30(27,28)16-7-5-6-15(14-16)22(26)24-19-12-13-29-21-11-4-1-8-17(19)21/h1-11,14,19,25H,12-13H2,(H,24,26). The third kappa shape index (κ3) is 4.13. The molecule has 0 aromatic heterocycles. The van der Waals surface area contributed by atoms with Crippen molar-refractivity contribution in [2.75, 3.05) is 11.3 Å². The Bertz CT molecular complexity index is 1200. The van der Waals surface area contributed by atoms with E-state index < -0.39 is 21.7 Å². The number of halogens is 1. The lowest BCUT2D eigenvalue weighted by Crippen LogP contribution is -2.32. The molecule has 3 aromatic rings. The number of carbonyl (C=O) groups is 1. The Balaban J connectivity index is 1.55. The number of ether oxygens (including phenoxy) is 1. The van der Waals surface area contributed by atoms with Gasteiger partial charge in [-0.05, 0) is 36.4 Å². The highest BCUT2D eigenvalue weighted by Gasteiger charge is 2.24. The van der Waals surface area contributed by atoms with Crippen molar-refractivity contribution in [3.05, 3.63) is 89.7 Å². The molecule has 0 aliphatic carbocycles. The minimum Gasteiger partial charge on any atom is -0.493 e. The van der Waals surface area contributed by atoms with Crippen LogP contribution in [0.2, 0.25) is 0 Å². The van der Waals surface area contributed by atoms with Crippen molar-refractivity contribution in [2.24, 2.45) is 0 Å². The minimum atomic E-state index is -4.06. The topological polar surface area (TPSA) is 84.5 Å². The maximum Gasteiger partial charge on any atom is 0.262 e. The smallest absolute Gasteiger partial charge is 0.262 e. The van der Waals surface area contributed by atoms with Gasteiger partial charge in [0.15, 0.2) is 0 Å². The van der Waals surface area contributed by atoms with E-state index in [4.69, 9.17) is 4.74 Å². The lowest BCUT2D eigenvalue weighted by atomic mass is 10.00. The first-order valence-corrected chi connectivity index (χ1v) is 10.8. The van der Waals surface area contributed by atoms with Gasteiger partial charge in [0.05, 0.1) is 23.2 Å². The SMILES string of the molecule is O=C(NC1CCOc2ccccc21)c1cccc(S(=O)(=O)Nc2ccccc2F)c1. The highest BCUT2D eigenvalue weighted by molar-refractivity contribution is 7.92. The molecule has 2 N–H and O–H groups in total. The van der Waals surface area contributed by atoms with Crippen LogP contribution in [0.1, 0.15) is 28.4 Å². The molecule has 1 heterocycles.